The van der Waals surface area contributed by atoms with Crippen molar-refractivity contribution in [3.63, 3.8) is 0 Å². The molecule has 1 N–H and O–H groups in total. The van der Waals surface area contributed by atoms with Crippen LogP contribution in [0.2, 0.25) is 0 Å². The van der Waals surface area contributed by atoms with Gasteiger partial charge in [0, 0.05) is 0 Å². The van der Waals surface area contributed by atoms with Gasteiger partial charge in [-0.25, -0.2) is 0 Å². The van der Waals surface area contributed by atoms with Gasteiger partial charge in [0.2, 0.25) is 0 Å². The van der Waals surface area contributed by atoms with Crippen LogP contribution in [0.15, 0.2) is 154 Å². The van der Waals surface area contributed by atoms with Crippen molar-refractivity contribution in [2.75, 3.05) is 0 Å². The minimum absolute atomic E-state index is 0.163. The third-order valence-electron chi connectivity index (χ3n) is 6.79. The van der Waals surface area contributed by atoms with E-state index in [1.165, 1.54) is 22.3 Å². The summed E-state index contributed by atoms with van der Waals surface area (Å²) in [6.07, 6.45) is 36.9. The SMILES string of the molecule is CC(C)=CC=CC(C)=CC=CC(C)=CC=CC(C)=CC=CC=C(C)C=CC=C(C)C=CC1=C(C)C(=O)C(O)CC1(C)C. The molecule has 1 aliphatic carbocycles. The molecule has 0 saturated heterocycles. The molecule has 0 amide bonds. The molecule has 0 radical (unpaired) electrons. The van der Waals surface area contributed by atoms with E-state index in [0.717, 1.165) is 16.7 Å². The lowest BCUT2D eigenvalue weighted by molar-refractivity contribution is -0.125. The number of rotatable bonds is 12. The van der Waals surface area contributed by atoms with Gasteiger partial charge in [0.25, 0.3) is 0 Å². The normalized spacial score (nSPS) is 20.2. The van der Waals surface area contributed by atoms with Gasteiger partial charge in [0.05, 0.1) is 0 Å². The molecule has 0 aromatic carbocycles. The Labute approximate surface area is 256 Å². The number of Topliss-reactive ketones (excluding diaryl/α,β-unsaturated/α-hetero) is 1. The molecule has 1 rings (SSSR count). The Bertz CT molecular complexity index is 1340. The number of hydrogen-bond donors (Lipinski definition) is 1. The fourth-order valence-corrected chi connectivity index (χ4v) is 4.28. The summed E-state index contributed by atoms with van der Waals surface area (Å²) in [6, 6.07) is 0. The average Bonchev–Trinajstić information content (AvgIpc) is 2.89. The van der Waals surface area contributed by atoms with Crippen molar-refractivity contribution in [2.45, 2.75) is 81.8 Å². The number of hydrogen-bond acceptors (Lipinski definition) is 2. The molecule has 2 heteroatoms. The number of allylic oxidation sites excluding steroid dienone is 25. The Morgan fingerprint density at radius 3 is 1.38 bits per heavy atom. The Hall–Kier alpha value is -3.75. The summed E-state index contributed by atoms with van der Waals surface area (Å²) in [7, 11) is 0. The third kappa shape index (κ3) is 14.8. The quantitative estimate of drug-likeness (QED) is 0.239. The lowest BCUT2D eigenvalue weighted by Gasteiger charge is -2.34. The number of ketones is 1. The van der Waals surface area contributed by atoms with Gasteiger partial charge in [-0.1, -0.05) is 157 Å². The van der Waals surface area contributed by atoms with E-state index in [1.54, 1.807) is 0 Å². The van der Waals surface area contributed by atoms with Crippen LogP contribution in [0.25, 0.3) is 0 Å². The fraction of sp³-hybridized carbons (Fsp3) is 0.325. The average molecular weight is 565 g/mol. The zero-order valence-electron chi connectivity index (χ0n) is 27.5. The van der Waals surface area contributed by atoms with Crippen molar-refractivity contribution in [1.82, 2.24) is 0 Å². The van der Waals surface area contributed by atoms with E-state index in [2.05, 4.69) is 134 Å². The molecule has 1 aliphatic rings. The van der Waals surface area contributed by atoms with Crippen LogP contribution in [-0.4, -0.2) is 17.0 Å². The molecule has 0 fully saturated rings. The minimum Gasteiger partial charge on any atom is -0.385 e. The van der Waals surface area contributed by atoms with Crippen LogP contribution < -0.4 is 0 Å². The smallest absolute Gasteiger partial charge is 0.187 e. The maximum Gasteiger partial charge on any atom is 0.187 e. The lowest BCUT2D eigenvalue weighted by atomic mass is 9.71. The zero-order chi connectivity index (χ0) is 31.7. The first-order chi connectivity index (χ1) is 19.7. The highest BCUT2D eigenvalue weighted by molar-refractivity contribution is 6.00. The van der Waals surface area contributed by atoms with Crippen LogP contribution in [0.4, 0.5) is 0 Å². The van der Waals surface area contributed by atoms with E-state index in [-0.39, 0.29) is 11.2 Å². The molecule has 0 aliphatic heterocycles. The molecule has 0 heterocycles. The fourth-order valence-electron chi connectivity index (χ4n) is 4.28. The van der Waals surface area contributed by atoms with Gasteiger partial charge < -0.3 is 5.11 Å². The topological polar surface area (TPSA) is 37.3 Å². The summed E-state index contributed by atoms with van der Waals surface area (Å²) < 4.78 is 0. The van der Waals surface area contributed by atoms with Crippen LogP contribution in [0.5, 0.6) is 0 Å². The highest BCUT2D eigenvalue weighted by Crippen LogP contribution is 2.39. The van der Waals surface area contributed by atoms with Crippen molar-refractivity contribution in [1.29, 1.82) is 0 Å². The summed E-state index contributed by atoms with van der Waals surface area (Å²) in [5.41, 5.74) is 8.54. The van der Waals surface area contributed by atoms with Crippen LogP contribution >= 0.6 is 0 Å². The predicted molar refractivity (Wildman–Crippen MR) is 185 cm³/mol. The van der Waals surface area contributed by atoms with E-state index in [9.17, 15) is 9.90 Å². The van der Waals surface area contributed by atoms with Crippen molar-refractivity contribution in [3.05, 3.63) is 154 Å². The molecule has 0 aromatic heterocycles. The predicted octanol–water partition coefficient (Wildman–Crippen LogP) is 10.7. The van der Waals surface area contributed by atoms with Crippen LogP contribution in [0.1, 0.15) is 75.7 Å². The van der Waals surface area contributed by atoms with Gasteiger partial charge in [-0.2, -0.15) is 0 Å². The standard InChI is InChI=1S/C40H52O2/c1-30(2)17-13-20-33(5)23-15-25-34(6)24-14-21-31(3)18-11-12-19-32(4)22-16-26-35(7)27-28-37-36(8)39(42)38(41)29-40(37,9)10/h11-28,38,41H,29H2,1-10H3. The van der Waals surface area contributed by atoms with Gasteiger partial charge in [-0.15, -0.1) is 0 Å². The second kappa shape index (κ2) is 18.6. The Balaban J connectivity index is 2.67. The van der Waals surface area contributed by atoms with Crippen LogP contribution in [-0.2, 0) is 4.79 Å². The third-order valence-corrected chi connectivity index (χ3v) is 6.79. The summed E-state index contributed by atoms with van der Waals surface area (Å²) in [4.78, 5) is 12.2. The summed E-state index contributed by atoms with van der Waals surface area (Å²) in [6.45, 7) is 20.5. The van der Waals surface area contributed by atoms with Crippen molar-refractivity contribution >= 4 is 5.78 Å². The molecule has 1 unspecified atom stereocenters. The summed E-state index contributed by atoms with van der Waals surface area (Å²) in [5.74, 6) is -0.163. The van der Waals surface area contributed by atoms with Gasteiger partial charge in [-0.05, 0) is 78.4 Å². The molecule has 0 bridgehead atoms. The summed E-state index contributed by atoms with van der Waals surface area (Å²) >= 11 is 0. The van der Waals surface area contributed by atoms with E-state index in [0.29, 0.717) is 12.0 Å². The van der Waals surface area contributed by atoms with E-state index in [1.807, 2.05) is 44.2 Å². The van der Waals surface area contributed by atoms with E-state index >= 15 is 0 Å². The van der Waals surface area contributed by atoms with Crippen LogP contribution in [0, 0.1) is 5.41 Å². The van der Waals surface area contributed by atoms with E-state index < -0.39 is 6.10 Å². The Morgan fingerprint density at radius 2 is 0.976 bits per heavy atom. The van der Waals surface area contributed by atoms with Gasteiger partial charge in [-0.3, -0.25) is 4.79 Å². The Morgan fingerprint density at radius 1 is 0.619 bits per heavy atom. The van der Waals surface area contributed by atoms with E-state index in [4.69, 9.17) is 0 Å². The maximum atomic E-state index is 12.2. The first kappa shape index (κ1) is 36.3. The maximum absolute atomic E-state index is 12.2. The van der Waals surface area contributed by atoms with Crippen LogP contribution in [0.3, 0.4) is 0 Å². The minimum atomic E-state index is -0.895. The second-order valence-electron chi connectivity index (χ2n) is 12.0. The molecule has 0 spiro atoms. The molecular weight excluding hydrogens is 512 g/mol. The van der Waals surface area contributed by atoms with Crippen molar-refractivity contribution in [2.24, 2.45) is 5.41 Å². The largest absolute Gasteiger partial charge is 0.385 e. The molecule has 1 atom stereocenters. The molecule has 0 aromatic rings. The van der Waals surface area contributed by atoms with Crippen molar-refractivity contribution in [3.8, 4) is 0 Å². The second-order valence-corrected chi connectivity index (χ2v) is 12.0. The molecule has 224 valence electrons. The van der Waals surface area contributed by atoms with Crippen molar-refractivity contribution < 1.29 is 9.90 Å². The molecule has 42 heavy (non-hydrogen) atoms. The lowest BCUT2D eigenvalue weighted by Crippen LogP contribution is -2.35. The first-order valence-corrected chi connectivity index (χ1v) is 14.7. The highest BCUT2D eigenvalue weighted by Gasteiger charge is 2.36. The molecule has 2 nitrogen and oxygen atoms in total. The van der Waals surface area contributed by atoms with Gasteiger partial charge >= 0.3 is 0 Å². The monoisotopic (exact) mass is 564 g/mol. The molecule has 0 saturated carbocycles. The first-order valence-electron chi connectivity index (χ1n) is 14.7. The Kier molecular flexibility index (Phi) is 16.1. The number of carbonyl (C=O) groups is 1. The summed E-state index contributed by atoms with van der Waals surface area (Å²) in [5, 5.41) is 10.0. The number of carbonyl (C=O) groups excluding carboxylic acids is 1. The van der Waals surface area contributed by atoms with Gasteiger partial charge in [0.15, 0.2) is 5.78 Å². The zero-order valence-corrected chi connectivity index (χ0v) is 27.5. The molecular formula is C40H52O2. The van der Waals surface area contributed by atoms with Gasteiger partial charge in [0.1, 0.15) is 6.10 Å². The highest BCUT2D eigenvalue weighted by atomic mass is 16.3. The number of aliphatic hydroxyl groups is 1. The number of aliphatic hydroxyl groups excluding tert-OH is 1.